The van der Waals surface area contributed by atoms with Gasteiger partial charge in [-0.2, -0.15) is 10.2 Å². The standard InChI is InChI=1S/C16H32N4/c1-14(2)12-10-8-7-9-11-13-17-19-20-18-16(5,6)15(14,3)4/h7-13H2,1-6H3. The molecule has 1 rings (SSSR count). The molecule has 0 fully saturated rings. The van der Waals surface area contributed by atoms with Gasteiger partial charge in [-0.1, -0.05) is 53.4 Å². The molecule has 0 atom stereocenters. The van der Waals surface area contributed by atoms with Crippen molar-refractivity contribution in [1.82, 2.24) is 0 Å². The minimum absolute atomic E-state index is 0.0448. The van der Waals surface area contributed by atoms with E-state index in [1.807, 2.05) is 0 Å². The summed E-state index contributed by atoms with van der Waals surface area (Å²) < 4.78 is 0. The smallest absolute Gasteiger partial charge is 0.0838 e. The third-order valence-corrected chi connectivity index (χ3v) is 5.68. The SMILES string of the molecule is CC1(C)CCCCCCCN=NN=NC(C)(C)C1(C)C. The fourth-order valence-electron chi connectivity index (χ4n) is 2.75. The quantitative estimate of drug-likeness (QED) is 0.523. The van der Waals surface area contributed by atoms with Gasteiger partial charge in [0, 0.05) is 0 Å². The zero-order chi connectivity index (χ0) is 15.3. The molecule has 1 aliphatic rings. The van der Waals surface area contributed by atoms with E-state index in [4.69, 9.17) is 0 Å². The first-order valence-corrected chi connectivity index (χ1v) is 7.99. The second-order valence-electron chi connectivity index (χ2n) is 7.73. The lowest BCUT2D eigenvalue weighted by molar-refractivity contribution is 0.0231. The average Bonchev–Trinajstić information content (AvgIpc) is 2.34. The summed E-state index contributed by atoms with van der Waals surface area (Å²) in [7, 11) is 0. The van der Waals surface area contributed by atoms with Crippen LogP contribution in [0.3, 0.4) is 0 Å². The summed E-state index contributed by atoms with van der Waals surface area (Å²) in [6, 6.07) is 0. The Labute approximate surface area is 124 Å². The molecule has 1 aliphatic heterocycles. The molecule has 0 bridgehead atoms. The van der Waals surface area contributed by atoms with Gasteiger partial charge in [0.15, 0.2) is 0 Å². The molecule has 0 saturated heterocycles. The molecule has 0 aliphatic carbocycles. The van der Waals surface area contributed by atoms with Crippen LogP contribution < -0.4 is 0 Å². The molecular formula is C16H32N4. The highest BCUT2D eigenvalue weighted by atomic mass is 15.5. The molecule has 20 heavy (non-hydrogen) atoms. The Morgan fingerprint density at radius 1 is 0.700 bits per heavy atom. The Bertz CT molecular complexity index is 353. The highest BCUT2D eigenvalue weighted by molar-refractivity contribution is 5.00. The molecule has 0 aromatic rings. The Hall–Kier alpha value is -0.800. The van der Waals surface area contributed by atoms with Crippen LogP contribution >= 0.6 is 0 Å². The number of hydrogen-bond donors (Lipinski definition) is 0. The van der Waals surface area contributed by atoms with E-state index in [-0.39, 0.29) is 16.4 Å². The maximum atomic E-state index is 4.46. The number of nitrogens with zero attached hydrogens (tertiary/aromatic N) is 4. The van der Waals surface area contributed by atoms with Crippen molar-refractivity contribution in [3.05, 3.63) is 0 Å². The van der Waals surface area contributed by atoms with Gasteiger partial charge in [0.05, 0.1) is 12.1 Å². The van der Waals surface area contributed by atoms with Crippen molar-refractivity contribution in [2.45, 2.75) is 85.6 Å². The van der Waals surface area contributed by atoms with Crippen molar-refractivity contribution in [3.8, 4) is 0 Å². The summed E-state index contributed by atoms with van der Waals surface area (Å²) in [5.74, 6) is 0. The average molecular weight is 280 g/mol. The van der Waals surface area contributed by atoms with Gasteiger partial charge in [-0.3, -0.25) is 0 Å². The van der Waals surface area contributed by atoms with Crippen molar-refractivity contribution in [3.63, 3.8) is 0 Å². The molecule has 0 amide bonds. The van der Waals surface area contributed by atoms with E-state index < -0.39 is 0 Å². The third-order valence-electron chi connectivity index (χ3n) is 5.68. The van der Waals surface area contributed by atoms with Crippen molar-refractivity contribution in [2.24, 2.45) is 31.5 Å². The van der Waals surface area contributed by atoms with E-state index in [2.05, 4.69) is 62.2 Å². The molecule has 0 saturated carbocycles. The van der Waals surface area contributed by atoms with Crippen LogP contribution in [0.2, 0.25) is 0 Å². The summed E-state index contributed by atoms with van der Waals surface area (Å²) in [4.78, 5) is 0. The highest BCUT2D eigenvalue weighted by Crippen LogP contribution is 2.51. The molecule has 0 aromatic carbocycles. The normalized spacial score (nSPS) is 26.9. The van der Waals surface area contributed by atoms with Gasteiger partial charge in [-0.25, -0.2) is 0 Å². The zero-order valence-electron chi connectivity index (χ0n) is 14.2. The Morgan fingerprint density at radius 2 is 1.30 bits per heavy atom. The van der Waals surface area contributed by atoms with Gasteiger partial charge in [-0.15, -0.1) is 0 Å². The second kappa shape index (κ2) is 6.77. The lowest BCUT2D eigenvalue weighted by Crippen LogP contribution is -2.47. The Kier molecular flexibility index (Phi) is 5.84. The molecular weight excluding hydrogens is 248 g/mol. The minimum atomic E-state index is -0.250. The predicted molar refractivity (Wildman–Crippen MR) is 83.9 cm³/mol. The maximum absolute atomic E-state index is 4.46. The largest absolute Gasteiger partial charge is 0.167 e. The molecule has 0 N–H and O–H groups in total. The summed E-state index contributed by atoms with van der Waals surface area (Å²) in [6.45, 7) is 14.4. The van der Waals surface area contributed by atoms with E-state index >= 15 is 0 Å². The van der Waals surface area contributed by atoms with Gasteiger partial charge in [0.1, 0.15) is 0 Å². The second-order valence-corrected chi connectivity index (χ2v) is 7.73. The van der Waals surface area contributed by atoms with Crippen LogP contribution in [-0.2, 0) is 0 Å². The topological polar surface area (TPSA) is 49.4 Å². The van der Waals surface area contributed by atoms with Crippen LogP contribution in [0, 0.1) is 10.8 Å². The van der Waals surface area contributed by atoms with Crippen molar-refractivity contribution in [2.75, 3.05) is 6.54 Å². The molecule has 0 spiro atoms. The Morgan fingerprint density at radius 3 is 2.00 bits per heavy atom. The highest BCUT2D eigenvalue weighted by Gasteiger charge is 2.48. The molecule has 0 unspecified atom stereocenters. The lowest BCUT2D eigenvalue weighted by atomic mass is 9.57. The molecule has 4 heteroatoms. The van der Waals surface area contributed by atoms with E-state index in [0.717, 1.165) is 13.0 Å². The van der Waals surface area contributed by atoms with E-state index in [1.165, 1.54) is 32.1 Å². The molecule has 0 radical (unpaired) electrons. The number of rotatable bonds is 0. The predicted octanol–water partition coefficient (Wildman–Crippen LogP) is 5.99. The molecule has 116 valence electrons. The maximum Gasteiger partial charge on any atom is 0.0838 e. The summed E-state index contributed by atoms with van der Waals surface area (Å²) in [5.41, 5.74) is 0.0134. The van der Waals surface area contributed by atoms with Crippen LogP contribution in [0.25, 0.3) is 0 Å². The first-order chi connectivity index (χ1) is 9.21. The summed E-state index contributed by atoms with van der Waals surface area (Å²) >= 11 is 0. The Balaban J connectivity index is 2.96. The zero-order valence-corrected chi connectivity index (χ0v) is 14.2. The minimum Gasteiger partial charge on any atom is -0.167 e. The van der Waals surface area contributed by atoms with Crippen LogP contribution in [0.1, 0.15) is 80.1 Å². The molecule has 4 nitrogen and oxygen atoms in total. The van der Waals surface area contributed by atoms with Gasteiger partial charge < -0.3 is 0 Å². The van der Waals surface area contributed by atoms with Gasteiger partial charge in [-0.05, 0) is 48.0 Å². The fraction of sp³-hybridized carbons (Fsp3) is 1.00. The van der Waals surface area contributed by atoms with E-state index in [0.29, 0.717) is 0 Å². The lowest BCUT2D eigenvalue weighted by Gasteiger charge is -2.49. The van der Waals surface area contributed by atoms with Crippen LogP contribution in [-0.4, -0.2) is 12.1 Å². The monoisotopic (exact) mass is 280 g/mol. The van der Waals surface area contributed by atoms with Crippen LogP contribution in [0.15, 0.2) is 20.7 Å². The summed E-state index contributed by atoms with van der Waals surface area (Å²) in [5, 5.41) is 16.3. The first-order valence-electron chi connectivity index (χ1n) is 7.99. The van der Waals surface area contributed by atoms with Crippen molar-refractivity contribution >= 4 is 0 Å². The van der Waals surface area contributed by atoms with Crippen LogP contribution in [0.5, 0.6) is 0 Å². The fourth-order valence-corrected chi connectivity index (χ4v) is 2.75. The summed E-state index contributed by atoms with van der Waals surface area (Å²) in [6.07, 6.45) is 7.50. The van der Waals surface area contributed by atoms with Crippen molar-refractivity contribution < 1.29 is 0 Å². The first kappa shape index (κ1) is 17.3. The van der Waals surface area contributed by atoms with Crippen LogP contribution in [0.4, 0.5) is 0 Å². The van der Waals surface area contributed by atoms with Gasteiger partial charge in [0.25, 0.3) is 0 Å². The molecule has 1 heterocycles. The molecule has 0 aromatic heterocycles. The van der Waals surface area contributed by atoms with E-state index in [1.54, 1.807) is 0 Å². The van der Waals surface area contributed by atoms with E-state index in [9.17, 15) is 0 Å². The van der Waals surface area contributed by atoms with Gasteiger partial charge >= 0.3 is 0 Å². The van der Waals surface area contributed by atoms with Crippen molar-refractivity contribution in [1.29, 1.82) is 0 Å². The van der Waals surface area contributed by atoms with Gasteiger partial charge in [0.2, 0.25) is 0 Å². The third kappa shape index (κ3) is 4.10. The number of hydrogen-bond acceptors (Lipinski definition) is 4.